The largest absolute Gasteiger partial charge is 0.478 e. The number of sulfonamides is 1. The minimum Gasteiger partial charge on any atom is -0.478 e. The van der Waals surface area contributed by atoms with Crippen molar-refractivity contribution >= 4 is 27.5 Å². The molecule has 2 aliphatic rings. The molecule has 0 saturated carbocycles. The first-order valence-corrected chi connectivity index (χ1v) is 12.5. The Morgan fingerprint density at radius 1 is 1.35 bits per heavy atom. The minimum absolute atomic E-state index is 0.0838. The van der Waals surface area contributed by atoms with Crippen LogP contribution in [-0.4, -0.2) is 50.3 Å². The fourth-order valence-corrected chi connectivity index (χ4v) is 5.72. The van der Waals surface area contributed by atoms with Crippen molar-refractivity contribution in [1.82, 2.24) is 9.62 Å². The molecule has 31 heavy (non-hydrogen) atoms. The normalized spacial score (nSPS) is 21.9. The molecule has 2 unspecified atom stereocenters. The van der Waals surface area contributed by atoms with Gasteiger partial charge in [-0.3, -0.25) is 9.59 Å². The van der Waals surface area contributed by atoms with Crippen molar-refractivity contribution in [2.75, 3.05) is 25.0 Å². The summed E-state index contributed by atoms with van der Waals surface area (Å²) >= 11 is 0. The molecule has 0 spiro atoms. The van der Waals surface area contributed by atoms with Gasteiger partial charge in [0.1, 0.15) is 5.75 Å². The SMILES string of the molecule is CCC1Oc2cc(S(=O)(=O)N3CCCC(C(=O)NCCC(C)C)C3)c(C)cc2NC1=O. The highest BCUT2D eigenvalue weighted by molar-refractivity contribution is 7.89. The molecular formula is C22H33N3O5S. The number of piperidine rings is 1. The highest BCUT2D eigenvalue weighted by Gasteiger charge is 2.35. The van der Waals surface area contributed by atoms with Crippen LogP contribution in [0.15, 0.2) is 17.0 Å². The third-order valence-electron chi connectivity index (χ3n) is 5.86. The lowest BCUT2D eigenvalue weighted by Gasteiger charge is -2.32. The lowest BCUT2D eigenvalue weighted by atomic mass is 9.98. The second kappa shape index (κ2) is 9.56. The fourth-order valence-electron chi connectivity index (χ4n) is 3.97. The van der Waals surface area contributed by atoms with Gasteiger partial charge < -0.3 is 15.4 Å². The summed E-state index contributed by atoms with van der Waals surface area (Å²) in [5.74, 6) is 0.186. The zero-order valence-corrected chi connectivity index (χ0v) is 19.5. The van der Waals surface area contributed by atoms with Crippen molar-refractivity contribution in [1.29, 1.82) is 0 Å². The van der Waals surface area contributed by atoms with Gasteiger partial charge in [-0.05, 0) is 50.2 Å². The van der Waals surface area contributed by atoms with Crippen molar-refractivity contribution in [3.8, 4) is 5.75 Å². The Hall–Kier alpha value is -2.13. The molecule has 2 N–H and O–H groups in total. The Kier molecular flexibility index (Phi) is 7.26. The van der Waals surface area contributed by atoms with Crippen molar-refractivity contribution in [2.45, 2.75) is 64.4 Å². The third-order valence-corrected chi connectivity index (χ3v) is 7.87. The highest BCUT2D eigenvalue weighted by Crippen LogP contribution is 2.36. The zero-order chi connectivity index (χ0) is 22.8. The van der Waals surface area contributed by atoms with E-state index in [2.05, 4.69) is 24.5 Å². The van der Waals surface area contributed by atoms with E-state index in [0.29, 0.717) is 55.3 Å². The van der Waals surface area contributed by atoms with Gasteiger partial charge >= 0.3 is 0 Å². The Morgan fingerprint density at radius 3 is 2.77 bits per heavy atom. The number of aryl methyl sites for hydroxylation is 1. The minimum atomic E-state index is -3.80. The molecule has 1 fully saturated rings. The van der Waals surface area contributed by atoms with Crippen LogP contribution in [0, 0.1) is 18.8 Å². The first kappa shape index (κ1) is 23.5. The Labute approximate surface area is 184 Å². The van der Waals surface area contributed by atoms with Crippen LogP contribution in [0.5, 0.6) is 5.75 Å². The van der Waals surface area contributed by atoms with Gasteiger partial charge in [-0.2, -0.15) is 4.31 Å². The van der Waals surface area contributed by atoms with Crippen LogP contribution >= 0.6 is 0 Å². The summed E-state index contributed by atoms with van der Waals surface area (Å²) in [4.78, 5) is 24.7. The molecule has 8 nitrogen and oxygen atoms in total. The molecule has 2 atom stereocenters. The van der Waals surface area contributed by atoms with E-state index in [1.54, 1.807) is 13.0 Å². The van der Waals surface area contributed by atoms with Gasteiger partial charge in [-0.15, -0.1) is 0 Å². The van der Waals surface area contributed by atoms with Crippen LogP contribution in [0.3, 0.4) is 0 Å². The molecule has 9 heteroatoms. The number of anilines is 1. The van der Waals surface area contributed by atoms with Gasteiger partial charge in [0.05, 0.1) is 16.5 Å². The average molecular weight is 452 g/mol. The van der Waals surface area contributed by atoms with Gasteiger partial charge in [0.15, 0.2) is 6.10 Å². The average Bonchev–Trinajstić information content (AvgIpc) is 2.72. The van der Waals surface area contributed by atoms with Gasteiger partial charge in [0.2, 0.25) is 15.9 Å². The lowest BCUT2D eigenvalue weighted by molar-refractivity contribution is -0.126. The molecule has 3 rings (SSSR count). The maximum Gasteiger partial charge on any atom is 0.265 e. The molecule has 2 aliphatic heterocycles. The molecule has 0 aliphatic carbocycles. The number of hydrogen-bond donors (Lipinski definition) is 2. The molecule has 0 radical (unpaired) electrons. The van der Waals surface area contributed by atoms with Gasteiger partial charge in [-0.25, -0.2) is 8.42 Å². The molecule has 172 valence electrons. The summed E-state index contributed by atoms with van der Waals surface area (Å²) in [7, 11) is -3.80. The molecule has 1 aromatic carbocycles. The quantitative estimate of drug-likeness (QED) is 0.663. The van der Waals surface area contributed by atoms with Crippen LogP contribution in [0.4, 0.5) is 5.69 Å². The van der Waals surface area contributed by atoms with Gasteiger partial charge in [0.25, 0.3) is 5.91 Å². The third kappa shape index (κ3) is 5.20. The van der Waals surface area contributed by atoms with Crippen molar-refractivity contribution in [3.63, 3.8) is 0 Å². The fraction of sp³-hybridized carbons (Fsp3) is 0.636. The highest BCUT2D eigenvalue weighted by atomic mass is 32.2. The first-order valence-electron chi connectivity index (χ1n) is 11.0. The summed E-state index contributed by atoms with van der Waals surface area (Å²) in [5.41, 5.74) is 1.01. The van der Waals surface area contributed by atoms with Crippen LogP contribution in [-0.2, 0) is 19.6 Å². The molecule has 0 bridgehead atoms. The number of rotatable bonds is 7. The number of nitrogens with one attached hydrogen (secondary N) is 2. The molecule has 0 aromatic heterocycles. The second-order valence-corrected chi connectivity index (χ2v) is 10.7. The van der Waals surface area contributed by atoms with E-state index in [0.717, 1.165) is 6.42 Å². The molecule has 1 saturated heterocycles. The number of amides is 2. The van der Waals surface area contributed by atoms with Crippen LogP contribution in [0.25, 0.3) is 0 Å². The summed E-state index contributed by atoms with van der Waals surface area (Å²) in [5, 5.41) is 5.73. The van der Waals surface area contributed by atoms with Crippen LogP contribution in [0.2, 0.25) is 0 Å². The predicted octanol–water partition coefficient (Wildman–Crippen LogP) is 2.67. The maximum atomic E-state index is 13.4. The number of nitrogens with zero attached hydrogens (tertiary/aromatic N) is 1. The number of benzene rings is 1. The topological polar surface area (TPSA) is 105 Å². The van der Waals surface area contributed by atoms with E-state index < -0.39 is 16.1 Å². The van der Waals surface area contributed by atoms with E-state index in [9.17, 15) is 18.0 Å². The molecule has 2 amide bonds. The van der Waals surface area contributed by atoms with Crippen molar-refractivity contribution < 1.29 is 22.7 Å². The summed E-state index contributed by atoms with van der Waals surface area (Å²) < 4.78 is 34.0. The van der Waals surface area contributed by atoms with Gasteiger partial charge in [0, 0.05) is 25.7 Å². The monoisotopic (exact) mass is 451 g/mol. The molecular weight excluding hydrogens is 418 g/mol. The van der Waals surface area contributed by atoms with E-state index in [1.165, 1.54) is 10.4 Å². The van der Waals surface area contributed by atoms with E-state index in [-0.39, 0.29) is 29.2 Å². The Bertz CT molecular complexity index is 945. The van der Waals surface area contributed by atoms with Gasteiger partial charge in [-0.1, -0.05) is 20.8 Å². The maximum absolute atomic E-state index is 13.4. The second-order valence-electron chi connectivity index (χ2n) is 8.79. The smallest absolute Gasteiger partial charge is 0.265 e. The molecule has 2 heterocycles. The number of carbonyl (C=O) groups is 2. The van der Waals surface area contributed by atoms with Crippen molar-refractivity contribution in [2.24, 2.45) is 11.8 Å². The Morgan fingerprint density at radius 2 is 2.10 bits per heavy atom. The summed E-state index contributed by atoms with van der Waals surface area (Å²) in [6.45, 7) is 8.88. The number of fused-ring (bicyclic) bond motifs is 1. The number of ether oxygens (including phenoxy) is 1. The standard InChI is InChI=1S/C22H33N3O5S/c1-5-18-22(27)24-17-11-15(4)20(12-19(17)30-18)31(28,29)25-10-6-7-16(13-25)21(26)23-9-8-14(2)3/h11-12,14,16,18H,5-10,13H2,1-4H3,(H,23,26)(H,24,27). The molecule has 1 aromatic rings. The van der Waals surface area contributed by atoms with Crippen LogP contribution < -0.4 is 15.4 Å². The number of hydrogen-bond acceptors (Lipinski definition) is 5. The van der Waals surface area contributed by atoms with E-state index in [1.807, 2.05) is 6.92 Å². The Balaban J connectivity index is 1.78. The number of carbonyl (C=O) groups excluding carboxylic acids is 2. The zero-order valence-electron chi connectivity index (χ0n) is 18.7. The van der Waals surface area contributed by atoms with Crippen molar-refractivity contribution in [3.05, 3.63) is 17.7 Å². The lowest BCUT2D eigenvalue weighted by Crippen LogP contribution is -2.45. The van der Waals surface area contributed by atoms with Crippen LogP contribution in [0.1, 0.15) is 52.0 Å². The summed E-state index contributed by atoms with van der Waals surface area (Å²) in [6, 6.07) is 3.13. The summed E-state index contributed by atoms with van der Waals surface area (Å²) in [6.07, 6.45) is 2.05. The predicted molar refractivity (Wildman–Crippen MR) is 118 cm³/mol. The van der Waals surface area contributed by atoms with E-state index in [4.69, 9.17) is 4.74 Å². The first-order chi connectivity index (χ1) is 14.6. The van der Waals surface area contributed by atoms with E-state index >= 15 is 0 Å².